The fourth-order valence-corrected chi connectivity index (χ4v) is 0.634. The number of hydrogen-bond acceptors (Lipinski definition) is 1. The van der Waals surface area contributed by atoms with E-state index in [9.17, 15) is 0 Å². The Hall–Kier alpha value is 0.370. The van der Waals surface area contributed by atoms with Crippen LogP contribution in [0, 0.1) is 0 Å². The van der Waals surface area contributed by atoms with Crippen LogP contribution in [-0.2, 0) is 0 Å². The van der Waals surface area contributed by atoms with Crippen LogP contribution in [0.15, 0.2) is 29.2 Å². The molecule has 0 atom stereocenters. The molecular formula is C6H6NNaS. The monoisotopic (exact) mass is 147 g/mol. The molecule has 0 aliphatic carbocycles. The molecule has 0 saturated carbocycles. The number of nitrogens with one attached hydrogen (secondary N) is 1. The molecule has 1 aromatic rings. The SMILES string of the molecule is [NH-]c1ccccc1S.[Na+]. The van der Waals surface area contributed by atoms with Crippen molar-refractivity contribution in [2.75, 3.05) is 0 Å². The Bertz CT molecular complexity index is 169. The summed E-state index contributed by atoms with van der Waals surface area (Å²) in [6.45, 7) is 0. The Morgan fingerprint density at radius 1 is 1.22 bits per heavy atom. The maximum atomic E-state index is 7.14. The molecule has 1 nitrogen and oxygen atoms in total. The van der Waals surface area contributed by atoms with E-state index in [1.54, 1.807) is 12.1 Å². The molecular weight excluding hydrogens is 141 g/mol. The van der Waals surface area contributed by atoms with Crippen LogP contribution < -0.4 is 29.6 Å². The van der Waals surface area contributed by atoms with Gasteiger partial charge in [-0.2, -0.15) is 0 Å². The predicted molar refractivity (Wildman–Crippen MR) is 37.7 cm³/mol. The second-order valence-electron chi connectivity index (χ2n) is 1.52. The summed E-state index contributed by atoms with van der Waals surface area (Å²) in [5.74, 6) is 0. The first-order valence-corrected chi connectivity index (χ1v) is 2.75. The van der Waals surface area contributed by atoms with Crippen LogP contribution in [-0.4, -0.2) is 0 Å². The van der Waals surface area contributed by atoms with Crippen LogP contribution in [0.2, 0.25) is 0 Å². The molecule has 1 rings (SSSR count). The van der Waals surface area contributed by atoms with Gasteiger partial charge >= 0.3 is 29.6 Å². The van der Waals surface area contributed by atoms with E-state index in [2.05, 4.69) is 12.6 Å². The van der Waals surface area contributed by atoms with Crippen molar-refractivity contribution >= 4 is 18.3 Å². The van der Waals surface area contributed by atoms with Crippen LogP contribution in [0.3, 0.4) is 0 Å². The van der Waals surface area contributed by atoms with E-state index in [4.69, 9.17) is 5.73 Å². The molecule has 0 aromatic heterocycles. The summed E-state index contributed by atoms with van der Waals surface area (Å²) in [5.41, 5.74) is 7.63. The number of rotatable bonds is 0. The van der Waals surface area contributed by atoms with Crippen LogP contribution in [0.5, 0.6) is 0 Å². The molecule has 0 heterocycles. The summed E-state index contributed by atoms with van der Waals surface area (Å²) >= 11 is 4.01. The van der Waals surface area contributed by atoms with Gasteiger partial charge in [-0.3, -0.25) is 0 Å². The average molecular weight is 147 g/mol. The molecule has 0 aliphatic heterocycles. The van der Waals surface area contributed by atoms with Crippen molar-refractivity contribution in [2.45, 2.75) is 4.90 Å². The van der Waals surface area contributed by atoms with E-state index in [0.29, 0.717) is 5.69 Å². The molecule has 42 valence electrons. The largest absolute Gasteiger partial charge is 1.00 e. The Morgan fingerprint density at radius 2 is 1.78 bits per heavy atom. The molecule has 1 N–H and O–H groups in total. The predicted octanol–water partition coefficient (Wildman–Crippen LogP) is -0.337. The molecule has 1 aromatic carbocycles. The van der Waals surface area contributed by atoms with E-state index in [1.165, 1.54) is 0 Å². The molecule has 0 fully saturated rings. The number of thiol groups is 1. The minimum absolute atomic E-state index is 0. The Kier molecular flexibility index (Phi) is 4.40. The number of benzene rings is 1. The third kappa shape index (κ3) is 2.63. The first-order chi connectivity index (χ1) is 3.80. The maximum Gasteiger partial charge on any atom is 1.00 e. The Balaban J connectivity index is 0.000000640. The Morgan fingerprint density at radius 3 is 2.11 bits per heavy atom. The molecule has 0 unspecified atom stereocenters. The van der Waals surface area contributed by atoms with E-state index in [1.807, 2.05) is 12.1 Å². The van der Waals surface area contributed by atoms with Crippen molar-refractivity contribution < 1.29 is 29.6 Å². The minimum atomic E-state index is 0. The van der Waals surface area contributed by atoms with Crippen molar-refractivity contribution in [2.24, 2.45) is 0 Å². The van der Waals surface area contributed by atoms with Gasteiger partial charge in [-0.05, 0) is 4.90 Å². The molecule has 0 aliphatic rings. The van der Waals surface area contributed by atoms with Crippen LogP contribution >= 0.6 is 12.6 Å². The van der Waals surface area contributed by atoms with E-state index in [-0.39, 0.29) is 29.6 Å². The second-order valence-corrected chi connectivity index (χ2v) is 2.00. The average Bonchev–Trinajstić information content (AvgIpc) is 1.77. The fourth-order valence-electron chi connectivity index (χ4n) is 0.474. The molecule has 3 heteroatoms. The zero-order chi connectivity index (χ0) is 5.98. The van der Waals surface area contributed by atoms with Crippen molar-refractivity contribution in [1.82, 2.24) is 0 Å². The summed E-state index contributed by atoms with van der Waals surface area (Å²) < 4.78 is 0. The van der Waals surface area contributed by atoms with Crippen molar-refractivity contribution in [3.05, 3.63) is 30.0 Å². The summed E-state index contributed by atoms with van der Waals surface area (Å²) in [6.07, 6.45) is 0. The van der Waals surface area contributed by atoms with Gasteiger partial charge in [-0.25, -0.2) is 0 Å². The van der Waals surface area contributed by atoms with Crippen molar-refractivity contribution in [3.8, 4) is 0 Å². The third-order valence-electron chi connectivity index (χ3n) is 0.904. The Labute approximate surface area is 82.3 Å². The smallest absolute Gasteiger partial charge is 0.698 e. The van der Waals surface area contributed by atoms with Gasteiger partial charge in [-0.1, -0.05) is 24.3 Å². The summed E-state index contributed by atoms with van der Waals surface area (Å²) in [6, 6.07) is 7.19. The topological polar surface area (TPSA) is 23.8 Å². The number of hydrogen-bond donors (Lipinski definition) is 1. The zero-order valence-corrected chi connectivity index (χ0v) is 8.15. The minimum Gasteiger partial charge on any atom is -0.698 e. The summed E-state index contributed by atoms with van der Waals surface area (Å²) in [5, 5.41) is 0. The van der Waals surface area contributed by atoms with Crippen LogP contribution in [0.4, 0.5) is 5.69 Å². The van der Waals surface area contributed by atoms with E-state index < -0.39 is 0 Å². The van der Waals surface area contributed by atoms with Gasteiger partial charge < -0.3 is 5.73 Å². The van der Waals surface area contributed by atoms with Gasteiger partial charge in [0.05, 0.1) is 0 Å². The fraction of sp³-hybridized carbons (Fsp3) is 0. The normalized spacial score (nSPS) is 8.11. The molecule has 0 radical (unpaired) electrons. The second kappa shape index (κ2) is 4.23. The van der Waals surface area contributed by atoms with Gasteiger partial charge in [0, 0.05) is 0 Å². The van der Waals surface area contributed by atoms with Gasteiger partial charge in [0.15, 0.2) is 0 Å². The van der Waals surface area contributed by atoms with Gasteiger partial charge in [-0.15, -0.1) is 18.3 Å². The van der Waals surface area contributed by atoms with Gasteiger partial charge in [0.25, 0.3) is 0 Å². The van der Waals surface area contributed by atoms with Gasteiger partial charge in [0.2, 0.25) is 0 Å². The quantitative estimate of drug-likeness (QED) is 0.383. The molecule has 0 bridgehead atoms. The first-order valence-electron chi connectivity index (χ1n) is 2.30. The standard InChI is InChI=1S/C6H6NS.Na/c7-5-3-1-2-4-6(5)8;/h1-4,7-8H;/q-1;+1. The summed E-state index contributed by atoms with van der Waals surface area (Å²) in [4.78, 5) is 0.729. The third-order valence-corrected chi connectivity index (χ3v) is 1.29. The first kappa shape index (κ1) is 9.37. The van der Waals surface area contributed by atoms with Crippen LogP contribution in [0.25, 0.3) is 5.73 Å². The molecule has 9 heavy (non-hydrogen) atoms. The molecule has 0 spiro atoms. The van der Waals surface area contributed by atoms with Crippen molar-refractivity contribution in [3.63, 3.8) is 0 Å². The molecule has 0 amide bonds. The van der Waals surface area contributed by atoms with E-state index in [0.717, 1.165) is 4.90 Å². The maximum absolute atomic E-state index is 7.14. The van der Waals surface area contributed by atoms with Crippen molar-refractivity contribution in [1.29, 1.82) is 0 Å². The zero-order valence-electron chi connectivity index (χ0n) is 5.26. The summed E-state index contributed by atoms with van der Waals surface area (Å²) in [7, 11) is 0. The van der Waals surface area contributed by atoms with Crippen LogP contribution in [0.1, 0.15) is 0 Å². The van der Waals surface area contributed by atoms with Gasteiger partial charge in [0.1, 0.15) is 0 Å². The van der Waals surface area contributed by atoms with E-state index >= 15 is 0 Å². The molecule has 0 saturated heterocycles.